The van der Waals surface area contributed by atoms with Crippen molar-refractivity contribution in [3.05, 3.63) is 5.21 Å². The van der Waals surface area contributed by atoms with Gasteiger partial charge in [0.2, 0.25) is 11.8 Å². The van der Waals surface area contributed by atoms with E-state index in [2.05, 4.69) is 10.2 Å². The van der Waals surface area contributed by atoms with E-state index in [0.29, 0.717) is 0 Å². The van der Waals surface area contributed by atoms with Crippen LogP contribution in [0.3, 0.4) is 0 Å². The van der Waals surface area contributed by atoms with Crippen molar-refractivity contribution in [3.63, 3.8) is 0 Å². The standard InChI is InChI=1S/C10H19N3O6S/c1-6(14)12-7(8(11)15)4-20-9(16)10(2,3)5-19-13(17)18/h7,13,17H,4-5H2,1-3H3,(H2,11,15)(H,12,14)/t7-/m0/s1. The van der Waals surface area contributed by atoms with E-state index in [1.165, 1.54) is 20.8 Å². The molecule has 0 aliphatic rings. The number of thioether (sulfide) groups is 1. The molecule has 1 unspecified atom stereocenters. The van der Waals surface area contributed by atoms with Gasteiger partial charge in [0.25, 0.3) is 0 Å². The van der Waals surface area contributed by atoms with Crippen LogP contribution in [0.5, 0.6) is 0 Å². The lowest BCUT2D eigenvalue weighted by molar-refractivity contribution is -1.21. The van der Waals surface area contributed by atoms with Crippen molar-refractivity contribution in [2.75, 3.05) is 12.4 Å². The molecule has 0 aromatic carbocycles. The molecule has 2 atom stereocenters. The molecule has 0 heterocycles. The first-order valence-electron chi connectivity index (χ1n) is 5.65. The molecule has 10 heteroatoms. The summed E-state index contributed by atoms with van der Waals surface area (Å²) in [7, 11) is 0. The van der Waals surface area contributed by atoms with Crippen molar-refractivity contribution in [3.8, 4) is 0 Å². The van der Waals surface area contributed by atoms with E-state index < -0.39 is 28.7 Å². The van der Waals surface area contributed by atoms with E-state index >= 15 is 0 Å². The molecule has 0 saturated carbocycles. The molecule has 0 spiro atoms. The van der Waals surface area contributed by atoms with Crippen molar-refractivity contribution >= 4 is 28.7 Å². The number of carbonyl (C=O) groups is 3. The van der Waals surface area contributed by atoms with E-state index in [9.17, 15) is 19.6 Å². The van der Waals surface area contributed by atoms with Crippen LogP contribution in [-0.2, 0) is 19.2 Å². The van der Waals surface area contributed by atoms with Gasteiger partial charge in [-0.1, -0.05) is 17.2 Å². The summed E-state index contributed by atoms with van der Waals surface area (Å²) < 4.78 is 0. The lowest BCUT2D eigenvalue weighted by atomic mass is 9.97. The number of nitrogens with one attached hydrogen (secondary N) is 2. The fraction of sp³-hybridized carbons (Fsp3) is 0.700. The highest BCUT2D eigenvalue weighted by atomic mass is 32.2. The lowest BCUT2D eigenvalue weighted by Gasteiger charge is -2.23. The average Bonchev–Trinajstić information content (AvgIpc) is 2.30. The SMILES string of the molecule is CC(=O)N[C@@H](CSC(=O)C(C)(C)CO[NH+]([O-])O)C(N)=O. The molecule has 0 aromatic rings. The summed E-state index contributed by atoms with van der Waals surface area (Å²) in [5.41, 5.74) is 4.06. The first-order valence-corrected chi connectivity index (χ1v) is 6.64. The van der Waals surface area contributed by atoms with E-state index in [-0.39, 0.29) is 17.5 Å². The molecule has 5 N–H and O–H groups in total. The van der Waals surface area contributed by atoms with Crippen LogP contribution in [0.1, 0.15) is 20.8 Å². The summed E-state index contributed by atoms with van der Waals surface area (Å²) in [4.78, 5) is 38.3. The van der Waals surface area contributed by atoms with Crippen LogP contribution in [0.25, 0.3) is 0 Å². The van der Waals surface area contributed by atoms with Gasteiger partial charge in [0.05, 0.1) is 5.41 Å². The first-order chi connectivity index (χ1) is 9.06. The fourth-order valence-corrected chi connectivity index (χ4v) is 2.11. The van der Waals surface area contributed by atoms with Gasteiger partial charge in [-0.15, -0.1) is 0 Å². The molecular formula is C10H19N3O6S. The second kappa shape index (κ2) is 8.17. The van der Waals surface area contributed by atoms with Crippen LogP contribution in [0.2, 0.25) is 0 Å². The maximum Gasteiger partial charge on any atom is 0.240 e. The zero-order valence-electron chi connectivity index (χ0n) is 11.5. The number of amides is 2. The molecular weight excluding hydrogens is 290 g/mol. The van der Waals surface area contributed by atoms with Gasteiger partial charge in [-0.05, 0) is 13.8 Å². The molecule has 0 aliphatic heterocycles. The molecule has 20 heavy (non-hydrogen) atoms. The molecule has 0 saturated heterocycles. The minimum absolute atomic E-state index is 0.0236. The Morgan fingerprint density at radius 3 is 2.45 bits per heavy atom. The molecule has 2 amide bonds. The van der Waals surface area contributed by atoms with Crippen molar-refractivity contribution < 1.29 is 29.8 Å². The third kappa shape index (κ3) is 7.40. The number of hydrogen-bond acceptors (Lipinski definition) is 7. The quantitative estimate of drug-likeness (QED) is 0.378. The summed E-state index contributed by atoms with van der Waals surface area (Å²) in [6, 6.07) is -0.961. The van der Waals surface area contributed by atoms with Crippen LogP contribution in [0, 0.1) is 10.6 Å². The van der Waals surface area contributed by atoms with Crippen LogP contribution in [0.15, 0.2) is 0 Å². The van der Waals surface area contributed by atoms with Crippen molar-refractivity contribution in [2.45, 2.75) is 26.8 Å². The van der Waals surface area contributed by atoms with Crippen molar-refractivity contribution in [2.24, 2.45) is 11.1 Å². The summed E-state index contributed by atoms with van der Waals surface area (Å²) in [6.45, 7) is 3.97. The Hall–Kier alpha value is -1.20. The molecule has 0 rings (SSSR count). The van der Waals surface area contributed by atoms with Crippen LogP contribution in [0.4, 0.5) is 0 Å². The largest absolute Gasteiger partial charge is 0.566 e. The van der Waals surface area contributed by atoms with Gasteiger partial charge in [0, 0.05) is 12.7 Å². The number of hydrogen-bond donors (Lipinski definition) is 4. The van der Waals surface area contributed by atoms with Gasteiger partial charge in [0.1, 0.15) is 12.6 Å². The molecule has 116 valence electrons. The second-order valence-electron chi connectivity index (χ2n) is 4.69. The Bertz CT molecular complexity index is 374. The Morgan fingerprint density at radius 1 is 1.50 bits per heavy atom. The molecule has 0 radical (unpaired) electrons. The van der Waals surface area contributed by atoms with Gasteiger partial charge in [-0.25, -0.2) is 0 Å². The van der Waals surface area contributed by atoms with E-state index in [1.54, 1.807) is 0 Å². The predicted molar refractivity (Wildman–Crippen MR) is 70.1 cm³/mol. The molecule has 0 aromatic heterocycles. The highest BCUT2D eigenvalue weighted by molar-refractivity contribution is 8.13. The van der Waals surface area contributed by atoms with E-state index in [1.807, 2.05) is 0 Å². The maximum atomic E-state index is 11.9. The van der Waals surface area contributed by atoms with Crippen LogP contribution >= 0.6 is 11.8 Å². The summed E-state index contributed by atoms with van der Waals surface area (Å²) >= 11 is 0.786. The number of carbonyl (C=O) groups excluding carboxylic acids is 3. The normalized spacial score (nSPS) is 14.4. The topological polar surface area (TPSA) is 146 Å². The molecule has 0 aliphatic carbocycles. The first kappa shape index (κ1) is 18.8. The fourth-order valence-electron chi connectivity index (χ4n) is 1.10. The Morgan fingerprint density at radius 2 is 2.05 bits per heavy atom. The molecule has 0 fully saturated rings. The second-order valence-corrected chi connectivity index (χ2v) is 5.69. The Balaban J connectivity index is 4.43. The van der Waals surface area contributed by atoms with E-state index in [0.717, 1.165) is 11.8 Å². The monoisotopic (exact) mass is 309 g/mol. The number of nitrogens with two attached hydrogens (primary N) is 1. The van der Waals surface area contributed by atoms with Crippen molar-refractivity contribution in [1.29, 1.82) is 0 Å². The molecule has 0 bridgehead atoms. The maximum absolute atomic E-state index is 11.9. The van der Waals surface area contributed by atoms with Crippen molar-refractivity contribution in [1.82, 2.24) is 5.32 Å². The van der Waals surface area contributed by atoms with Gasteiger partial charge in [-0.2, -0.15) is 10.0 Å². The van der Waals surface area contributed by atoms with Gasteiger partial charge in [0.15, 0.2) is 5.12 Å². The molecule has 9 nitrogen and oxygen atoms in total. The zero-order chi connectivity index (χ0) is 15.9. The van der Waals surface area contributed by atoms with Crippen LogP contribution < -0.4 is 16.4 Å². The lowest BCUT2D eigenvalue weighted by Crippen LogP contribution is -3.03. The van der Waals surface area contributed by atoms with E-state index in [4.69, 9.17) is 10.9 Å². The minimum atomic E-state index is -1.47. The van der Waals surface area contributed by atoms with Gasteiger partial charge < -0.3 is 16.3 Å². The third-order valence-electron chi connectivity index (χ3n) is 2.21. The highest BCUT2D eigenvalue weighted by Gasteiger charge is 2.31. The highest BCUT2D eigenvalue weighted by Crippen LogP contribution is 2.24. The number of quaternary nitrogens is 1. The van der Waals surface area contributed by atoms with Crippen LogP contribution in [-0.4, -0.2) is 40.5 Å². The smallest absolute Gasteiger partial charge is 0.240 e. The minimum Gasteiger partial charge on any atom is -0.566 e. The Labute approximate surface area is 120 Å². The summed E-state index contributed by atoms with van der Waals surface area (Å²) in [5, 5.41) is 19.2. The number of primary amides is 1. The Kier molecular flexibility index (Phi) is 7.68. The summed E-state index contributed by atoms with van der Waals surface area (Å²) in [5.74, 6) is -1.21. The van der Waals surface area contributed by atoms with Gasteiger partial charge in [-0.3, -0.25) is 14.4 Å². The number of rotatable bonds is 8. The predicted octanol–water partition coefficient (Wildman–Crippen LogP) is -2.03. The average molecular weight is 309 g/mol. The summed E-state index contributed by atoms with van der Waals surface area (Å²) in [6.07, 6.45) is 0. The van der Waals surface area contributed by atoms with Gasteiger partial charge >= 0.3 is 0 Å². The third-order valence-corrected chi connectivity index (χ3v) is 3.53. The zero-order valence-corrected chi connectivity index (χ0v) is 12.3.